The molecule has 9 heteroatoms. The van der Waals surface area contributed by atoms with E-state index in [4.69, 9.17) is 9.72 Å². The van der Waals surface area contributed by atoms with E-state index in [2.05, 4.69) is 23.1 Å². The lowest BCUT2D eigenvalue weighted by Crippen LogP contribution is -2.50. The van der Waals surface area contributed by atoms with Crippen LogP contribution in [0.5, 0.6) is 0 Å². The van der Waals surface area contributed by atoms with Crippen molar-refractivity contribution in [3.05, 3.63) is 48.0 Å². The molecule has 8 nitrogen and oxygen atoms in total. The fraction of sp³-hybridized carbons (Fsp3) is 0.429. The van der Waals surface area contributed by atoms with Crippen molar-refractivity contribution in [3.63, 3.8) is 0 Å². The number of ether oxygens (including phenoxy) is 1. The number of pyridine rings is 1. The number of nitrogens with zero attached hydrogens (tertiary/aromatic N) is 4. The fourth-order valence-corrected chi connectivity index (χ4v) is 6.15. The van der Waals surface area contributed by atoms with Gasteiger partial charge in [-0.15, -0.1) is 11.3 Å². The molecule has 0 aliphatic carbocycles. The topological polar surface area (TPSA) is 83.1 Å². The molecular formula is C28H32N4O4S. The summed E-state index contributed by atoms with van der Waals surface area (Å²) in [5.74, 6) is 0.113. The molecule has 194 valence electrons. The highest BCUT2D eigenvalue weighted by Crippen LogP contribution is 2.35. The van der Waals surface area contributed by atoms with E-state index < -0.39 is 0 Å². The molecule has 0 spiro atoms. The van der Waals surface area contributed by atoms with Crippen molar-refractivity contribution in [3.8, 4) is 10.6 Å². The lowest BCUT2D eigenvalue weighted by molar-refractivity contribution is -0.148. The lowest BCUT2D eigenvalue weighted by Gasteiger charge is -2.36. The largest absolute Gasteiger partial charge is 0.466 e. The summed E-state index contributed by atoms with van der Waals surface area (Å²) in [7, 11) is 0. The Morgan fingerprint density at radius 2 is 1.78 bits per heavy atom. The van der Waals surface area contributed by atoms with Crippen LogP contribution < -0.4 is 4.90 Å². The zero-order valence-electron chi connectivity index (χ0n) is 21.3. The predicted octanol–water partition coefficient (Wildman–Crippen LogP) is 4.05. The molecule has 1 atom stereocenters. The average molecular weight is 521 g/mol. The molecule has 2 aliphatic heterocycles. The minimum absolute atomic E-state index is 0.0282. The predicted molar refractivity (Wildman–Crippen MR) is 145 cm³/mol. The second-order valence-electron chi connectivity index (χ2n) is 9.55. The third-order valence-corrected chi connectivity index (χ3v) is 8.28. The Bertz CT molecular complexity index is 1280. The third kappa shape index (κ3) is 5.32. The van der Waals surface area contributed by atoms with Gasteiger partial charge in [-0.2, -0.15) is 0 Å². The van der Waals surface area contributed by atoms with E-state index in [-0.39, 0.29) is 23.7 Å². The minimum Gasteiger partial charge on any atom is -0.466 e. The number of carbonyl (C=O) groups is 3. The smallest absolute Gasteiger partial charge is 0.310 e. The van der Waals surface area contributed by atoms with Crippen molar-refractivity contribution < 1.29 is 19.1 Å². The molecule has 0 N–H and O–H groups in total. The highest BCUT2D eigenvalue weighted by atomic mass is 32.1. The highest BCUT2D eigenvalue weighted by molar-refractivity contribution is 7.22. The summed E-state index contributed by atoms with van der Waals surface area (Å²) in [6.07, 6.45) is 1.59. The standard InChI is InChI=1S/C28H32N4O4S/c1-3-36-28(35)21-8-6-12-32(18-21)26-22(27(34)31-15-13-30(14-16-31)19(2)33)10-11-23(29-26)25-17-20-7-4-5-9-24(20)37-25/h4-5,7,9-11,17,21H,3,6,8,12-16,18H2,1-2H3/t21-/m0/s1. The molecule has 5 rings (SSSR count). The van der Waals surface area contributed by atoms with E-state index >= 15 is 0 Å². The number of fused-ring (bicyclic) bond motifs is 1. The van der Waals surface area contributed by atoms with E-state index in [9.17, 15) is 14.4 Å². The summed E-state index contributed by atoms with van der Waals surface area (Å²) < 4.78 is 6.49. The van der Waals surface area contributed by atoms with Gasteiger partial charge in [-0.05, 0) is 49.4 Å². The molecular weight excluding hydrogens is 488 g/mol. The van der Waals surface area contributed by atoms with Crippen molar-refractivity contribution in [1.82, 2.24) is 14.8 Å². The van der Waals surface area contributed by atoms with Crippen molar-refractivity contribution in [2.24, 2.45) is 5.92 Å². The monoisotopic (exact) mass is 520 g/mol. The van der Waals surface area contributed by atoms with E-state index in [1.54, 1.807) is 28.1 Å². The van der Waals surface area contributed by atoms with Gasteiger partial charge in [-0.1, -0.05) is 18.2 Å². The number of amides is 2. The number of carbonyl (C=O) groups excluding carboxylic acids is 3. The molecule has 2 amide bonds. The van der Waals surface area contributed by atoms with Crippen LogP contribution in [0.25, 0.3) is 20.7 Å². The number of hydrogen-bond donors (Lipinski definition) is 0. The molecule has 2 aliphatic rings. The van der Waals surface area contributed by atoms with Crippen LogP contribution in [0.15, 0.2) is 42.5 Å². The summed E-state index contributed by atoms with van der Waals surface area (Å²) in [6, 6.07) is 14.1. The van der Waals surface area contributed by atoms with Crippen molar-refractivity contribution in [2.45, 2.75) is 26.7 Å². The molecule has 0 radical (unpaired) electrons. The highest BCUT2D eigenvalue weighted by Gasteiger charge is 2.32. The zero-order chi connectivity index (χ0) is 25.9. The Kier molecular flexibility index (Phi) is 7.41. The third-order valence-electron chi connectivity index (χ3n) is 7.14. The maximum absolute atomic E-state index is 13.7. The summed E-state index contributed by atoms with van der Waals surface area (Å²) in [6.45, 7) is 6.95. The van der Waals surface area contributed by atoms with Crippen LogP contribution in [0.1, 0.15) is 37.0 Å². The summed E-state index contributed by atoms with van der Waals surface area (Å²) >= 11 is 1.68. The summed E-state index contributed by atoms with van der Waals surface area (Å²) in [5.41, 5.74) is 1.35. The summed E-state index contributed by atoms with van der Waals surface area (Å²) in [5, 5.41) is 1.16. The Morgan fingerprint density at radius 1 is 1.03 bits per heavy atom. The molecule has 2 aromatic heterocycles. The molecule has 3 aromatic rings. The molecule has 4 heterocycles. The Balaban J connectivity index is 1.48. The maximum atomic E-state index is 13.7. The van der Waals surface area contributed by atoms with Crippen molar-refractivity contribution in [2.75, 3.05) is 50.8 Å². The number of rotatable bonds is 5. The van der Waals surface area contributed by atoms with E-state index in [0.29, 0.717) is 50.7 Å². The van der Waals surface area contributed by atoms with Gasteiger partial charge in [0, 0.05) is 50.9 Å². The summed E-state index contributed by atoms with van der Waals surface area (Å²) in [4.78, 5) is 49.7. The van der Waals surface area contributed by atoms with Gasteiger partial charge < -0.3 is 19.4 Å². The molecule has 2 saturated heterocycles. The van der Waals surface area contributed by atoms with Crippen LogP contribution in [0.4, 0.5) is 5.82 Å². The first-order valence-electron chi connectivity index (χ1n) is 12.9. The number of thiophene rings is 1. The zero-order valence-corrected chi connectivity index (χ0v) is 22.1. The van der Waals surface area contributed by atoms with E-state index in [1.807, 2.05) is 31.2 Å². The maximum Gasteiger partial charge on any atom is 0.310 e. The van der Waals surface area contributed by atoms with Crippen LogP contribution in [0.3, 0.4) is 0 Å². The van der Waals surface area contributed by atoms with Gasteiger partial charge in [-0.25, -0.2) is 4.98 Å². The first kappa shape index (κ1) is 25.2. The Hall–Kier alpha value is -3.46. The van der Waals surface area contributed by atoms with E-state index in [1.165, 1.54) is 4.70 Å². The molecule has 0 unspecified atom stereocenters. The lowest BCUT2D eigenvalue weighted by atomic mass is 9.97. The number of piperidine rings is 1. The molecule has 37 heavy (non-hydrogen) atoms. The second-order valence-corrected chi connectivity index (χ2v) is 10.6. The fourth-order valence-electron chi connectivity index (χ4n) is 5.12. The van der Waals surface area contributed by atoms with Gasteiger partial charge in [0.05, 0.1) is 28.7 Å². The average Bonchev–Trinajstić information content (AvgIpc) is 3.37. The molecule has 1 aromatic carbocycles. The van der Waals surface area contributed by atoms with Crippen molar-refractivity contribution in [1.29, 1.82) is 0 Å². The van der Waals surface area contributed by atoms with Gasteiger partial charge in [0.25, 0.3) is 5.91 Å². The number of esters is 1. The van der Waals surface area contributed by atoms with Gasteiger partial charge in [0.1, 0.15) is 5.82 Å². The Labute approximate surface area is 220 Å². The quantitative estimate of drug-likeness (QED) is 0.472. The number of aromatic nitrogens is 1. The van der Waals surface area contributed by atoms with Crippen LogP contribution in [-0.2, 0) is 14.3 Å². The van der Waals surface area contributed by atoms with Crippen LogP contribution >= 0.6 is 11.3 Å². The number of piperazine rings is 1. The molecule has 0 saturated carbocycles. The molecule has 2 fully saturated rings. The number of benzene rings is 1. The van der Waals surface area contributed by atoms with Gasteiger partial charge >= 0.3 is 5.97 Å². The van der Waals surface area contributed by atoms with Crippen LogP contribution in [0.2, 0.25) is 0 Å². The Morgan fingerprint density at radius 3 is 2.51 bits per heavy atom. The van der Waals surface area contributed by atoms with Crippen LogP contribution in [-0.4, -0.2) is 78.4 Å². The normalized spacial score (nSPS) is 18.2. The van der Waals surface area contributed by atoms with E-state index in [0.717, 1.165) is 35.3 Å². The number of anilines is 1. The van der Waals surface area contributed by atoms with Crippen LogP contribution in [0, 0.1) is 5.92 Å². The SMILES string of the molecule is CCOC(=O)[C@H]1CCCN(c2nc(-c3cc4ccccc4s3)ccc2C(=O)N2CCN(C(C)=O)CC2)C1. The van der Waals surface area contributed by atoms with Crippen molar-refractivity contribution >= 4 is 45.0 Å². The van der Waals surface area contributed by atoms with Gasteiger partial charge in [0.15, 0.2) is 0 Å². The van der Waals surface area contributed by atoms with Gasteiger partial charge in [0.2, 0.25) is 5.91 Å². The molecule has 0 bridgehead atoms. The second kappa shape index (κ2) is 10.9. The first-order valence-corrected chi connectivity index (χ1v) is 13.7. The number of hydrogen-bond acceptors (Lipinski definition) is 7. The van der Waals surface area contributed by atoms with Gasteiger partial charge in [-0.3, -0.25) is 14.4 Å². The first-order chi connectivity index (χ1) is 17.9. The minimum atomic E-state index is -0.245.